The Morgan fingerprint density at radius 2 is 2.25 bits per heavy atom. The third-order valence-corrected chi connectivity index (χ3v) is 3.38. The van der Waals surface area contributed by atoms with Gasteiger partial charge in [0.1, 0.15) is 6.61 Å². The van der Waals surface area contributed by atoms with E-state index >= 15 is 0 Å². The van der Waals surface area contributed by atoms with Crippen LogP contribution in [0, 0.1) is 17.0 Å². The topological polar surface area (TPSA) is 90.2 Å². The minimum Gasteiger partial charge on any atom is -0.479 e. The van der Waals surface area contributed by atoms with Crippen molar-refractivity contribution in [3.63, 3.8) is 0 Å². The highest BCUT2D eigenvalue weighted by Crippen LogP contribution is 2.31. The SMILES string of the molecule is CCNc1nnc(COc2c(C)cccc2[N+](=O)[O-])s1. The normalized spacial score (nSPS) is 10.3. The van der Waals surface area contributed by atoms with Crippen molar-refractivity contribution in [1.29, 1.82) is 0 Å². The monoisotopic (exact) mass is 294 g/mol. The first-order valence-electron chi connectivity index (χ1n) is 6.05. The summed E-state index contributed by atoms with van der Waals surface area (Å²) in [6, 6.07) is 4.83. The van der Waals surface area contributed by atoms with Gasteiger partial charge in [0.25, 0.3) is 0 Å². The van der Waals surface area contributed by atoms with Crippen LogP contribution in [-0.4, -0.2) is 21.7 Å². The van der Waals surface area contributed by atoms with E-state index in [1.165, 1.54) is 17.4 Å². The maximum absolute atomic E-state index is 11.0. The Morgan fingerprint density at radius 3 is 2.95 bits per heavy atom. The Balaban J connectivity index is 2.12. The van der Waals surface area contributed by atoms with Crippen LogP contribution in [0.2, 0.25) is 0 Å². The van der Waals surface area contributed by atoms with Gasteiger partial charge in [-0.15, -0.1) is 10.2 Å². The molecule has 0 saturated carbocycles. The van der Waals surface area contributed by atoms with Crippen LogP contribution in [0.25, 0.3) is 0 Å². The second kappa shape index (κ2) is 6.29. The third-order valence-electron chi connectivity index (χ3n) is 2.52. The van der Waals surface area contributed by atoms with E-state index in [0.29, 0.717) is 10.1 Å². The molecule has 0 aliphatic carbocycles. The Hall–Kier alpha value is -2.22. The smallest absolute Gasteiger partial charge is 0.311 e. The lowest BCUT2D eigenvalue weighted by atomic mass is 10.2. The van der Waals surface area contributed by atoms with Gasteiger partial charge in [-0.1, -0.05) is 23.5 Å². The first-order valence-corrected chi connectivity index (χ1v) is 6.86. The molecule has 20 heavy (non-hydrogen) atoms. The summed E-state index contributed by atoms with van der Waals surface area (Å²) >= 11 is 1.37. The van der Waals surface area contributed by atoms with E-state index in [2.05, 4.69) is 15.5 Å². The second-order valence-electron chi connectivity index (χ2n) is 4.00. The molecule has 0 atom stereocenters. The first-order chi connectivity index (χ1) is 9.61. The summed E-state index contributed by atoms with van der Waals surface area (Å²) < 4.78 is 5.55. The fourth-order valence-corrected chi connectivity index (χ4v) is 2.36. The zero-order chi connectivity index (χ0) is 14.5. The quantitative estimate of drug-likeness (QED) is 0.650. The Bertz CT molecular complexity index is 614. The van der Waals surface area contributed by atoms with E-state index in [9.17, 15) is 10.1 Å². The molecule has 106 valence electrons. The number of aryl methyl sites for hydroxylation is 1. The molecule has 0 bridgehead atoms. The van der Waals surface area contributed by atoms with Gasteiger partial charge in [0.2, 0.25) is 5.13 Å². The number of nitro benzene ring substituents is 1. The van der Waals surface area contributed by atoms with Crippen LogP contribution in [-0.2, 0) is 6.61 Å². The molecular formula is C12H14N4O3S. The predicted molar refractivity (Wildman–Crippen MR) is 76.2 cm³/mol. The van der Waals surface area contributed by atoms with Gasteiger partial charge in [-0.2, -0.15) is 0 Å². The van der Waals surface area contributed by atoms with Gasteiger partial charge in [0.15, 0.2) is 10.8 Å². The molecule has 8 heteroatoms. The highest BCUT2D eigenvalue weighted by Gasteiger charge is 2.17. The molecule has 0 fully saturated rings. The van der Waals surface area contributed by atoms with Crippen LogP contribution in [0.5, 0.6) is 5.75 Å². The number of anilines is 1. The van der Waals surface area contributed by atoms with E-state index in [0.717, 1.165) is 12.1 Å². The van der Waals surface area contributed by atoms with Gasteiger partial charge >= 0.3 is 5.69 Å². The number of nitrogens with zero attached hydrogens (tertiary/aromatic N) is 3. The lowest BCUT2D eigenvalue weighted by molar-refractivity contribution is -0.386. The highest BCUT2D eigenvalue weighted by molar-refractivity contribution is 7.15. The predicted octanol–water partition coefficient (Wildman–Crippen LogP) is 2.77. The molecule has 2 aromatic rings. The number of rotatable bonds is 6. The van der Waals surface area contributed by atoms with Gasteiger partial charge in [0, 0.05) is 12.6 Å². The molecule has 1 aromatic carbocycles. The number of hydrogen-bond donors (Lipinski definition) is 1. The molecule has 0 aliphatic heterocycles. The van der Waals surface area contributed by atoms with Crippen molar-refractivity contribution in [2.24, 2.45) is 0 Å². The number of nitrogens with one attached hydrogen (secondary N) is 1. The summed E-state index contributed by atoms with van der Waals surface area (Å²) in [7, 11) is 0. The molecule has 0 amide bonds. The summed E-state index contributed by atoms with van der Waals surface area (Å²) in [5.41, 5.74) is 0.678. The second-order valence-corrected chi connectivity index (χ2v) is 5.06. The zero-order valence-electron chi connectivity index (χ0n) is 11.1. The Labute approximate surface area is 119 Å². The van der Waals surface area contributed by atoms with Crippen molar-refractivity contribution in [3.05, 3.63) is 38.9 Å². The van der Waals surface area contributed by atoms with Crippen molar-refractivity contribution in [3.8, 4) is 5.75 Å². The Kier molecular flexibility index (Phi) is 4.46. The largest absolute Gasteiger partial charge is 0.479 e. The fourth-order valence-electron chi connectivity index (χ4n) is 1.64. The maximum Gasteiger partial charge on any atom is 0.311 e. The van der Waals surface area contributed by atoms with E-state index in [1.807, 2.05) is 6.92 Å². The lowest BCUT2D eigenvalue weighted by Crippen LogP contribution is -2.00. The number of para-hydroxylation sites is 1. The third kappa shape index (κ3) is 3.21. The molecule has 2 rings (SSSR count). The van der Waals surface area contributed by atoms with E-state index in [4.69, 9.17) is 4.74 Å². The van der Waals surface area contributed by atoms with Crippen LogP contribution < -0.4 is 10.1 Å². The van der Waals surface area contributed by atoms with Crippen LogP contribution in [0.4, 0.5) is 10.8 Å². The van der Waals surface area contributed by atoms with Gasteiger partial charge < -0.3 is 10.1 Å². The number of hydrogen-bond acceptors (Lipinski definition) is 7. The minimum atomic E-state index is -0.452. The van der Waals surface area contributed by atoms with E-state index < -0.39 is 4.92 Å². The van der Waals surface area contributed by atoms with Gasteiger partial charge in [0.05, 0.1) is 4.92 Å². The van der Waals surface area contributed by atoms with Gasteiger partial charge in [-0.3, -0.25) is 10.1 Å². The maximum atomic E-state index is 11.0. The number of benzene rings is 1. The summed E-state index contributed by atoms with van der Waals surface area (Å²) in [6.07, 6.45) is 0. The van der Waals surface area contributed by atoms with E-state index in [-0.39, 0.29) is 18.0 Å². The Morgan fingerprint density at radius 1 is 1.45 bits per heavy atom. The van der Waals surface area contributed by atoms with Crippen LogP contribution in [0.1, 0.15) is 17.5 Å². The number of ether oxygens (including phenoxy) is 1. The average Bonchev–Trinajstić information content (AvgIpc) is 2.85. The van der Waals surface area contributed by atoms with Crippen LogP contribution >= 0.6 is 11.3 Å². The first kappa shape index (κ1) is 14.2. The average molecular weight is 294 g/mol. The minimum absolute atomic E-state index is 0.0404. The van der Waals surface area contributed by atoms with Crippen molar-refractivity contribution in [1.82, 2.24) is 10.2 Å². The molecular weight excluding hydrogens is 280 g/mol. The molecule has 0 aliphatic rings. The molecule has 0 saturated heterocycles. The van der Waals surface area contributed by atoms with Crippen molar-refractivity contribution in [2.75, 3.05) is 11.9 Å². The molecule has 1 aromatic heterocycles. The summed E-state index contributed by atoms with van der Waals surface area (Å²) in [6.45, 7) is 4.66. The fraction of sp³-hybridized carbons (Fsp3) is 0.333. The lowest BCUT2D eigenvalue weighted by Gasteiger charge is -2.07. The molecule has 1 heterocycles. The van der Waals surface area contributed by atoms with Crippen LogP contribution in [0.15, 0.2) is 18.2 Å². The number of aromatic nitrogens is 2. The zero-order valence-corrected chi connectivity index (χ0v) is 11.9. The molecule has 0 radical (unpaired) electrons. The molecule has 7 nitrogen and oxygen atoms in total. The molecule has 0 spiro atoms. The van der Waals surface area contributed by atoms with Gasteiger partial charge in [-0.25, -0.2) is 0 Å². The van der Waals surface area contributed by atoms with Crippen molar-refractivity contribution < 1.29 is 9.66 Å². The van der Waals surface area contributed by atoms with Crippen molar-refractivity contribution >= 4 is 22.2 Å². The van der Waals surface area contributed by atoms with Gasteiger partial charge in [-0.05, 0) is 19.4 Å². The number of nitro groups is 1. The summed E-state index contributed by atoms with van der Waals surface area (Å²) in [5.74, 6) is 0.276. The molecule has 1 N–H and O–H groups in total. The van der Waals surface area contributed by atoms with Crippen molar-refractivity contribution in [2.45, 2.75) is 20.5 Å². The van der Waals surface area contributed by atoms with Crippen LogP contribution in [0.3, 0.4) is 0 Å². The van der Waals surface area contributed by atoms with E-state index in [1.54, 1.807) is 19.1 Å². The summed E-state index contributed by atoms with van der Waals surface area (Å²) in [5, 5.41) is 23.3. The molecule has 0 unspecified atom stereocenters. The standard InChI is InChI=1S/C12H14N4O3S/c1-3-13-12-15-14-10(20-12)7-19-11-8(2)5-4-6-9(11)16(17)18/h4-6H,3,7H2,1-2H3,(H,13,15). The highest BCUT2D eigenvalue weighted by atomic mass is 32.1. The summed E-state index contributed by atoms with van der Waals surface area (Å²) in [4.78, 5) is 10.5.